The van der Waals surface area contributed by atoms with Crippen LogP contribution in [0.1, 0.15) is 20.3 Å². The van der Waals surface area contributed by atoms with Crippen molar-refractivity contribution in [2.45, 2.75) is 26.3 Å². The van der Waals surface area contributed by atoms with Gasteiger partial charge in [0, 0.05) is 38.8 Å². The molecule has 0 aromatic carbocycles. The quantitative estimate of drug-likeness (QED) is 0.720. The number of aliphatic carboxylic acids is 2. The third kappa shape index (κ3) is 7.20. The van der Waals surface area contributed by atoms with Gasteiger partial charge in [-0.1, -0.05) is 13.8 Å². The van der Waals surface area contributed by atoms with Gasteiger partial charge in [0.1, 0.15) is 0 Å². The van der Waals surface area contributed by atoms with E-state index in [1.165, 1.54) is 0 Å². The average molecular weight is 315 g/mol. The van der Waals surface area contributed by atoms with E-state index in [9.17, 15) is 9.59 Å². The van der Waals surface area contributed by atoms with Gasteiger partial charge in [-0.05, 0) is 19.4 Å². The minimum absolute atomic E-state index is 0.00332. The van der Waals surface area contributed by atoms with Gasteiger partial charge in [0.05, 0.1) is 13.1 Å². The molecule has 1 fully saturated rings. The lowest BCUT2D eigenvalue weighted by Gasteiger charge is -2.34. The molecule has 0 amide bonds. The first kappa shape index (κ1) is 18.9. The Hall–Kier alpha value is -1.18. The third-order valence-corrected chi connectivity index (χ3v) is 3.99. The Morgan fingerprint density at radius 2 is 1.64 bits per heavy atom. The van der Waals surface area contributed by atoms with Crippen molar-refractivity contribution in [1.29, 1.82) is 0 Å². The third-order valence-electron chi connectivity index (χ3n) is 3.99. The Morgan fingerprint density at radius 1 is 1.05 bits per heavy atom. The fourth-order valence-corrected chi connectivity index (χ4v) is 2.90. The van der Waals surface area contributed by atoms with Crippen LogP contribution in [0.5, 0.6) is 0 Å². The van der Waals surface area contributed by atoms with Gasteiger partial charge >= 0.3 is 11.9 Å². The number of carbonyl (C=O) groups is 2. The average Bonchev–Trinajstić information content (AvgIpc) is 2.43. The summed E-state index contributed by atoms with van der Waals surface area (Å²) in [6, 6.07) is 0.0712. The lowest BCUT2D eigenvalue weighted by molar-refractivity contribution is -0.140. The van der Waals surface area contributed by atoms with Crippen molar-refractivity contribution in [1.82, 2.24) is 14.7 Å². The van der Waals surface area contributed by atoms with Crippen LogP contribution in [0.15, 0.2) is 0 Å². The Kier molecular flexibility index (Phi) is 7.78. The monoisotopic (exact) mass is 315 g/mol. The van der Waals surface area contributed by atoms with Gasteiger partial charge in [-0.25, -0.2) is 0 Å². The number of carboxylic acid groups (broad SMARTS) is 2. The van der Waals surface area contributed by atoms with Crippen molar-refractivity contribution in [3.63, 3.8) is 0 Å². The molecule has 0 spiro atoms. The normalized spacial score (nSPS) is 23.0. The van der Waals surface area contributed by atoms with E-state index in [2.05, 4.69) is 18.7 Å². The standard InChI is InChI=1S/C15H29N3O4/c1-12(2)8-13-9-17(10-14(19)20)6-4-16(3)5-7-18(13)11-15(21)22/h12-13H,4-11H2,1-3H3,(H,19,20)(H,21,22). The topological polar surface area (TPSA) is 84.3 Å². The van der Waals surface area contributed by atoms with Crippen LogP contribution in [0.25, 0.3) is 0 Å². The maximum absolute atomic E-state index is 11.2. The first-order valence-electron chi connectivity index (χ1n) is 7.86. The summed E-state index contributed by atoms with van der Waals surface area (Å²) in [7, 11) is 1.99. The summed E-state index contributed by atoms with van der Waals surface area (Å²) < 4.78 is 0. The number of rotatable bonds is 6. The zero-order valence-electron chi connectivity index (χ0n) is 13.9. The van der Waals surface area contributed by atoms with Crippen LogP contribution in [0, 0.1) is 5.92 Å². The molecule has 1 aliphatic rings. The van der Waals surface area contributed by atoms with Gasteiger partial charge in [-0.3, -0.25) is 19.4 Å². The molecule has 0 aromatic heterocycles. The molecular formula is C15H29N3O4. The van der Waals surface area contributed by atoms with Crippen molar-refractivity contribution in [3.8, 4) is 0 Å². The van der Waals surface area contributed by atoms with E-state index in [4.69, 9.17) is 10.2 Å². The molecule has 1 heterocycles. The highest BCUT2D eigenvalue weighted by atomic mass is 16.4. The number of likely N-dealkylation sites (N-methyl/N-ethyl adjacent to an activating group) is 1. The van der Waals surface area contributed by atoms with E-state index < -0.39 is 11.9 Å². The molecule has 128 valence electrons. The van der Waals surface area contributed by atoms with Crippen LogP contribution in [0.2, 0.25) is 0 Å². The molecule has 1 unspecified atom stereocenters. The van der Waals surface area contributed by atoms with Crippen molar-refractivity contribution in [2.75, 3.05) is 52.9 Å². The second-order valence-electron chi connectivity index (χ2n) is 6.58. The summed E-state index contributed by atoms with van der Waals surface area (Å²) in [6.07, 6.45) is 0.868. The van der Waals surface area contributed by atoms with Crippen molar-refractivity contribution >= 4 is 11.9 Å². The number of carboxylic acids is 2. The highest BCUT2D eigenvalue weighted by Gasteiger charge is 2.26. The van der Waals surface area contributed by atoms with Crippen molar-refractivity contribution in [2.24, 2.45) is 5.92 Å². The zero-order chi connectivity index (χ0) is 16.7. The minimum atomic E-state index is -0.838. The minimum Gasteiger partial charge on any atom is -0.480 e. The van der Waals surface area contributed by atoms with E-state index in [0.717, 1.165) is 19.5 Å². The molecule has 22 heavy (non-hydrogen) atoms. The van der Waals surface area contributed by atoms with Gasteiger partial charge < -0.3 is 15.1 Å². The van der Waals surface area contributed by atoms with E-state index in [-0.39, 0.29) is 19.1 Å². The Morgan fingerprint density at radius 3 is 2.18 bits per heavy atom. The number of hydrogen-bond donors (Lipinski definition) is 2. The Bertz CT molecular complexity index is 376. The first-order chi connectivity index (χ1) is 10.3. The molecule has 0 bridgehead atoms. The molecular weight excluding hydrogens is 286 g/mol. The maximum Gasteiger partial charge on any atom is 0.317 e. The second kappa shape index (κ2) is 9.07. The molecule has 0 aromatic rings. The van der Waals surface area contributed by atoms with Gasteiger partial charge in [0.2, 0.25) is 0 Å². The van der Waals surface area contributed by atoms with E-state index in [0.29, 0.717) is 25.6 Å². The summed E-state index contributed by atoms with van der Waals surface area (Å²) in [6.45, 7) is 7.81. The van der Waals surface area contributed by atoms with Crippen LogP contribution < -0.4 is 0 Å². The first-order valence-corrected chi connectivity index (χ1v) is 7.86. The SMILES string of the molecule is CC(C)CC1CN(CC(=O)O)CCN(C)CCN1CC(=O)O. The molecule has 1 rings (SSSR count). The zero-order valence-corrected chi connectivity index (χ0v) is 13.9. The molecule has 2 N–H and O–H groups in total. The molecule has 1 atom stereocenters. The summed E-state index contributed by atoms with van der Waals surface area (Å²) in [5.41, 5.74) is 0. The smallest absolute Gasteiger partial charge is 0.317 e. The molecule has 0 saturated carbocycles. The van der Waals surface area contributed by atoms with Gasteiger partial charge in [-0.15, -0.1) is 0 Å². The second-order valence-corrected chi connectivity index (χ2v) is 6.58. The van der Waals surface area contributed by atoms with Gasteiger partial charge in [-0.2, -0.15) is 0 Å². The summed E-state index contributed by atoms with van der Waals surface area (Å²) in [4.78, 5) is 28.3. The Labute approximate surface area is 132 Å². The van der Waals surface area contributed by atoms with Crippen LogP contribution in [0.3, 0.4) is 0 Å². The largest absolute Gasteiger partial charge is 0.480 e. The Balaban J connectivity index is 2.90. The highest BCUT2D eigenvalue weighted by molar-refractivity contribution is 5.69. The number of nitrogens with zero attached hydrogens (tertiary/aromatic N) is 3. The number of hydrogen-bond acceptors (Lipinski definition) is 5. The highest BCUT2D eigenvalue weighted by Crippen LogP contribution is 2.15. The van der Waals surface area contributed by atoms with E-state index in [1.54, 1.807) is 0 Å². The van der Waals surface area contributed by atoms with Crippen molar-refractivity contribution < 1.29 is 19.8 Å². The molecule has 7 nitrogen and oxygen atoms in total. The molecule has 0 aliphatic carbocycles. The van der Waals surface area contributed by atoms with Crippen LogP contribution in [-0.4, -0.2) is 95.8 Å². The predicted octanol–water partition coefficient (Wildman–Crippen LogP) is 0.120. The molecule has 1 saturated heterocycles. The summed E-state index contributed by atoms with van der Waals surface area (Å²) in [5.74, 6) is -1.23. The lowest BCUT2D eigenvalue weighted by Crippen LogP contribution is -2.48. The van der Waals surface area contributed by atoms with Crippen LogP contribution in [0.4, 0.5) is 0 Å². The maximum atomic E-state index is 11.2. The molecule has 1 aliphatic heterocycles. The van der Waals surface area contributed by atoms with Crippen LogP contribution in [-0.2, 0) is 9.59 Å². The molecule has 0 radical (unpaired) electrons. The molecule has 7 heteroatoms. The van der Waals surface area contributed by atoms with E-state index >= 15 is 0 Å². The fourth-order valence-electron chi connectivity index (χ4n) is 2.90. The fraction of sp³-hybridized carbons (Fsp3) is 0.867. The van der Waals surface area contributed by atoms with Crippen molar-refractivity contribution in [3.05, 3.63) is 0 Å². The summed E-state index contributed by atoms with van der Waals surface area (Å²) >= 11 is 0. The van der Waals surface area contributed by atoms with Gasteiger partial charge in [0.25, 0.3) is 0 Å². The lowest BCUT2D eigenvalue weighted by atomic mass is 10.0. The predicted molar refractivity (Wildman–Crippen MR) is 84.0 cm³/mol. The van der Waals surface area contributed by atoms with E-state index in [1.807, 2.05) is 16.8 Å². The van der Waals surface area contributed by atoms with Gasteiger partial charge in [0.15, 0.2) is 0 Å². The van der Waals surface area contributed by atoms with Crippen LogP contribution >= 0.6 is 0 Å². The summed E-state index contributed by atoms with van der Waals surface area (Å²) in [5, 5.41) is 18.2.